The zero-order chi connectivity index (χ0) is 26.9. The van der Waals surface area contributed by atoms with Crippen LogP contribution in [-0.4, -0.2) is 46.7 Å². The van der Waals surface area contributed by atoms with Crippen LogP contribution in [0.4, 0.5) is 4.79 Å². The van der Waals surface area contributed by atoms with Crippen molar-refractivity contribution in [3.8, 4) is 0 Å². The average molecular weight is 614 g/mol. The number of aliphatic hydroxyl groups excluding tert-OH is 2. The summed E-state index contributed by atoms with van der Waals surface area (Å²) < 4.78 is 12.8. The van der Waals surface area contributed by atoms with Gasteiger partial charge in [-0.15, -0.1) is 0 Å². The number of rotatable bonds is 4. The van der Waals surface area contributed by atoms with Crippen molar-refractivity contribution in [2.45, 2.75) is 83.7 Å². The number of primary amides is 1. The summed E-state index contributed by atoms with van der Waals surface area (Å²) >= 11 is 2.17. The first-order chi connectivity index (χ1) is 17.1. The Bertz CT molecular complexity index is 873. The van der Waals surface area contributed by atoms with Crippen LogP contribution < -0.4 is 5.73 Å². The van der Waals surface area contributed by atoms with Gasteiger partial charge in [-0.25, -0.2) is 9.59 Å². The predicted octanol–water partition coefficient (Wildman–Crippen LogP) is 5.58. The number of hydrogen-bond acceptors (Lipinski definition) is 6. The molecule has 1 aliphatic heterocycles. The summed E-state index contributed by atoms with van der Waals surface area (Å²) in [5.74, 6) is -0.376. The highest BCUT2D eigenvalue weighted by Gasteiger charge is 2.21. The SMILES string of the molecule is CC(/C=C/I)=C\[C@@H](C)[C@H]1C/C(C)=C/C=C/CC[C@@H](OC(N)=O)[C@H](O)/C=C/[C@H](O)CCC/C=C/C(=O)O1. The lowest BCUT2D eigenvalue weighted by atomic mass is 9.95. The topological polar surface area (TPSA) is 119 Å². The molecule has 0 saturated heterocycles. The van der Waals surface area contributed by atoms with E-state index < -0.39 is 24.4 Å². The Morgan fingerprint density at radius 3 is 2.69 bits per heavy atom. The van der Waals surface area contributed by atoms with Gasteiger partial charge in [-0.05, 0) is 50.0 Å². The van der Waals surface area contributed by atoms with E-state index in [1.807, 2.05) is 49.2 Å². The molecule has 0 saturated carbocycles. The predicted molar refractivity (Wildman–Crippen MR) is 151 cm³/mol. The lowest BCUT2D eigenvalue weighted by Crippen LogP contribution is -2.32. The fourth-order valence-corrected chi connectivity index (χ4v) is 4.28. The van der Waals surface area contributed by atoms with Gasteiger partial charge in [-0.1, -0.05) is 89.3 Å². The van der Waals surface area contributed by atoms with Crippen molar-refractivity contribution < 1.29 is 29.3 Å². The third-order valence-corrected chi connectivity index (χ3v) is 6.03. The molecule has 1 heterocycles. The van der Waals surface area contributed by atoms with Gasteiger partial charge in [0.15, 0.2) is 0 Å². The van der Waals surface area contributed by atoms with E-state index in [0.717, 1.165) is 11.1 Å². The van der Waals surface area contributed by atoms with Gasteiger partial charge in [0, 0.05) is 18.4 Å². The van der Waals surface area contributed by atoms with Crippen molar-refractivity contribution in [1.29, 1.82) is 0 Å². The molecule has 1 amide bonds. The van der Waals surface area contributed by atoms with Crippen molar-refractivity contribution in [2.75, 3.05) is 0 Å². The van der Waals surface area contributed by atoms with Crippen molar-refractivity contribution in [3.05, 3.63) is 69.9 Å². The molecule has 0 aromatic rings. The fraction of sp³-hybridized carbons (Fsp3) is 0.500. The van der Waals surface area contributed by atoms with Crippen LogP contribution in [0, 0.1) is 5.92 Å². The number of cyclic esters (lactones) is 1. The van der Waals surface area contributed by atoms with Gasteiger partial charge in [0.2, 0.25) is 0 Å². The second kappa shape index (κ2) is 18.1. The number of esters is 1. The Hall–Kier alpha value is -2.17. The molecule has 1 aliphatic rings. The highest BCUT2D eigenvalue weighted by atomic mass is 127. The minimum absolute atomic E-state index is 0.00951. The molecule has 0 spiro atoms. The Labute approximate surface area is 228 Å². The number of aliphatic hydroxyl groups is 2. The molecule has 200 valence electrons. The molecule has 0 fully saturated rings. The van der Waals surface area contributed by atoms with Gasteiger partial charge in [-0.2, -0.15) is 0 Å². The largest absolute Gasteiger partial charge is 0.458 e. The zero-order valence-corrected chi connectivity index (χ0v) is 23.5. The van der Waals surface area contributed by atoms with E-state index in [1.165, 1.54) is 18.2 Å². The van der Waals surface area contributed by atoms with Crippen LogP contribution in [0.25, 0.3) is 0 Å². The van der Waals surface area contributed by atoms with Gasteiger partial charge in [0.05, 0.1) is 6.10 Å². The van der Waals surface area contributed by atoms with Crippen molar-refractivity contribution >= 4 is 34.7 Å². The van der Waals surface area contributed by atoms with Crippen LogP contribution in [0.5, 0.6) is 0 Å². The maximum Gasteiger partial charge on any atom is 0.404 e. The molecule has 5 atom stereocenters. The van der Waals surface area contributed by atoms with E-state index >= 15 is 0 Å². The Kier molecular flexibility index (Phi) is 16.0. The van der Waals surface area contributed by atoms with E-state index in [2.05, 4.69) is 28.7 Å². The molecule has 36 heavy (non-hydrogen) atoms. The molecule has 0 radical (unpaired) electrons. The van der Waals surface area contributed by atoms with E-state index in [9.17, 15) is 19.8 Å². The van der Waals surface area contributed by atoms with Gasteiger partial charge in [0.25, 0.3) is 0 Å². The standard InChI is InChI=1S/C28H40INO6/c1-20-10-6-4-8-12-25(36-28(30)34)24(32)15-14-23(31)11-7-5-9-13-27(33)35-26(19-20)22(3)18-21(2)16-17-29/h4,6,9-10,13-18,22-26,31-32H,5,7-8,11-12,19H2,1-3H3,(H2,30,34)/b6-4+,13-9+,15-14+,17-16+,20-10+,21-18+/t22-,23-,24-,25-,26-/m1/s1. The number of halogens is 1. The Morgan fingerprint density at radius 2 is 2.00 bits per heavy atom. The molecule has 1 rings (SSSR count). The summed E-state index contributed by atoms with van der Waals surface area (Å²) in [4.78, 5) is 23.7. The molecule has 0 unspecified atom stereocenters. The summed E-state index contributed by atoms with van der Waals surface area (Å²) in [6.07, 6.45) is 15.2. The normalized spacial score (nSPS) is 30.9. The zero-order valence-electron chi connectivity index (χ0n) is 21.4. The minimum Gasteiger partial charge on any atom is -0.458 e. The van der Waals surface area contributed by atoms with Crippen LogP contribution in [0.15, 0.2) is 69.9 Å². The lowest BCUT2D eigenvalue weighted by molar-refractivity contribution is -0.144. The monoisotopic (exact) mass is 613 g/mol. The highest BCUT2D eigenvalue weighted by Crippen LogP contribution is 2.21. The van der Waals surface area contributed by atoms with Crippen molar-refractivity contribution in [3.63, 3.8) is 0 Å². The van der Waals surface area contributed by atoms with Crippen molar-refractivity contribution in [2.24, 2.45) is 11.7 Å². The van der Waals surface area contributed by atoms with Gasteiger partial charge in [0.1, 0.15) is 18.3 Å². The fourth-order valence-electron chi connectivity index (χ4n) is 3.71. The molecule has 0 bridgehead atoms. The molecule has 8 heteroatoms. The van der Waals surface area contributed by atoms with Gasteiger partial charge >= 0.3 is 12.1 Å². The van der Waals surface area contributed by atoms with E-state index in [4.69, 9.17) is 15.2 Å². The summed E-state index contributed by atoms with van der Waals surface area (Å²) in [7, 11) is 0. The van der Waals surface area contributed by atoms with E-state index in [0.29, 0.717) is 38.5 Å². The number of amides is 1. The highest BCUT2D eigenvalue weighted by molar-refractivity contribution is 14.1. The number of allylic oxidation sites excluding steroid dienone is 6. The molecule has 0 aromatic carbocycles. The number of carbonyl (C=O) groups excluding carboxylic acids is 2. The Morgan fingerprint density at radius 1 is 1.25 bits per heavy atom. The summed E-state index contributed by atoms with van der Waals surface area (Å²) in [6, 6.07) is 0. The number of carbonyl (C=O) groups is 2. The number of hydrogen-bond donors (Lipinski definition) is 3. The van der Waals surface area contributed by atoms with Crippen molar-refractivity contribution in [1.82, 2.24) is 0 Å². The first-order valence-electron chi connectivity index (χ1n) is 12.3. The quantitative estimate of drug-likeness (QED) is 0.165. The van der Waals surface area contributed by atoms with E-state index in [-0.39, 0.29) is 18.0 Å². The molecular formula is C28H40INO6. The van der Waals surface area contributed by atoms with Gasteiger partial charge < -0.3 is 25.4 Å². The maximum absolute atomic E-state index is 12.5. The smallest absolute Gasteiger partial charge is 0.404 e. The van der Waals surface area contributed by atoms with Crippen LogP contribution >= 0.6 is 22.6 Å². The molecule has 7 nitrogen and oxygen atoms in total. The van der Waals surface area contributed by atoms with Crippen LogP contribution in [0.3, 0.4) is 0 Å². The number of nitrogens with two attached hydrogens (primary N) is 1. The minimum atomic E-state index is -1.08. The first-order valence-corrected chi connectivity index (χ1v) is 13.5. The lowest BCUT2D eigenvalue weighted by Gasteiger charge is -2.22. The van der Waals surface area contributed by atoms with Gasteiger partial charge in [-0.3, -0.25) is 0 Å². The third-order valence-electron chi connectivity index (χ3n) is 5.67. The average Bonchev–Trinajstić information content (AvgIpc) is 2.80. The second-order valence-electron chi connectivity index (χ2n) is 9.01. The summed E-state index contributed by atoms with van der Waals surface area (Å²) in [5, 5.41) is 20.6. The molecular weight excluding hydrogens is 573 g/mol. The molecule has 0 aromatic heterocycles. The molecule has 4 N–H and O–H groups in total. The third kappa shape index (κ3) is 14.4. The molecule has 0 aliphatic carbocycles. The summed E-state index contributed by atoms with van der Waals surface area (Å²) in [5.41, 5.74) is 7.30. The maximum atomic E-state index is 12.5. The second-order valence-corrected chi connectivity index (χ2v) is 9.73. The Balaban J connectivity index is 3.09. The van der Waals surface area contributed by atoms with Crippen LogP contribution in [0.1, 0.15) is 59.3 Å². The first kappa shape index (κ1) is 31.9. The number of ether oxygens (including phenoxy) is 2. The van der Waals surface area contributed by atoms with Crippen LogP contribution in [-0.2, 0) is 14.3 Å². The van der Waals surface area contributed by atoms with Crippen LogP contribution in [0.2, 0.25) is 0 Å². The summed E-state index contributed by atoms with van der Waals surface area (Å²) in [6.45, 7) is 6.03. The van der Waals surface area contributed by atoms with E-state index in [1.54, 1.807) is 6.08 Å².